The Morgan fingerprint density at radius 3 is 3.07 bits per heavy atom. The highest BCUT2D eigenvalue weighted by molar-refractivity contribution is 5.87. The molecule has 0 fully saturated rings. The molecule has 2 rings (SSSR count). The number of aliphatic hydroxyl groups excluding tert-OH is 1. The van der Waals surface area contributed by atoms with Gasteiger partial charge in [0.05, 0.1) is 18.5 Å². The number of hydrogen-bond donors (Lipinski definition) is 2. The molecular weight excluding hydrogens is 192 g/mol. The minimum Gasteiger partial charge on any atom is -0.395 e. The van der Waals surface area contributed by atoms with Gasteiger partial charge in [0.1, 0.15) is 11.0 Å². The van der Waals surface area contributed by atoms with Crippen LogP contribution in [0.2, 0.25) is 0 Å². The standard InChI is InChI=1S/C10H14N4O/c1-7-5-8(11-3-4-15)10-9(12-7)6-14(2)13-10/h5-6,11,15H,3-4H2,1-2H3. The summed E-state index contributed by atoms with van der Waals surface area (Å²) in [4.78, 5) is 4.38. The molecule has 2 N–H and O–H groups in total. The first-order valence-electron chi connectivity index (χ1n) is 4.86. The van der Waals surface area contributed by atoms with Crippen LogP contribution in [0.3, 0.4) is 0 Å². The van der Waals surface area contributed by atoms with E-state index in [2.05, 4.69) is 15.4 Å². The Morgan fingerprint density at radius 2 is 2.33 bits per heavy atom. The minimum absolute atomic E-state index is 0.107. The second-order valence-corrected chi connectivity index (χ2v) is 3.50. The molecule has 0 amide bonds. The third kappa shape index (κ3) is 1.92. The van der Waals surface area contributed by atoms with Crippen LogP contribution in [-0.2, 0) is 7.05 Å². The van der Waals surface area contributed by atoms with E-state index in [9.17, 15) is 0 Å². The molecule has 0 aliphatic rings. The average molecular weight is 206 g/mol. The Kier molecular flexibility index (Phi) is 2.55. The fourth-order valence-electron chi connectivity index (χ4n) is 1.57. The molecule has 0 aromatic carbocycles. The summed E-state index contributed by atoms with van der Waals surface area (Å²) in [5.74, 6) is 0. The lowest BCUT2D eigenvalue weighted by Gasteiger charge is -2.05. The molecular formula is C10H14N4O. The second kappa shape index (κ2) is 3.86. The van der Waals surface area contributed by atoms with Gasteiger partial charge in [-0.05, 0) is 13.0 Å². The van der Waals surface area contributed by atoms with Crippen LogP contribution in [0.15, 0.2) is 12.3 Å². The highest BCUT2D eigenvalue weighted by atomic mass is 16.3. The molecule has 2 heterocycles. The summed E-state index contributed by atoms with van der Waals surface area (Å²) in [6.07, 6.45) is 1.88. The van der Waals surface area contributed by atoms with Crippen LogP contribution in [0.5, 0.6) is 0 Å². The van der Waals surface area contributed by atoms with Crippen LogP contribution in [-0.4, -0.2) is 33.0 Å². The van der Waals surface area contributed by atoms with Gasteiger partial charge in [-0.2, -0.15) is 5.10 Å². The van der Waals surface area contributed by atoms with Crippen molar-refractivity contribution in [3.05, 3.63) is 18.0 Å². The highest BCUT2D eigenvalue weighted by Gasteiger charge is 2.06. The zero-order valence-electron chi connectivity index (χ0n) is 8.86. The van der Waals surface area contributed by atoms with E-state index >= 15 is 0 Å². The van der Waals surface area contributed by atoms with Crippen LogP contribution in [0.25, 0.3) is 11.0 Å². The molecule has 0 spiro atoms. The lowest BCUT2D eigenvalue weighted by Crippen LogP contribution is -2.06. The van der Waals surface area contributed by atoms with E-state index in [1.807, 2.05) is 26.2 Å². The SMILES string of the molecule is Cc1cc(NCCO)c2nn(C)cc2n1. The maximum Gasteiger partial charge on any atom is 0.134 e. The number of aromatic nitrogens is 3. The van der Waals surface area contributed by atoms with Crippen LogP contribution in [0, 0.1) is 6.92 Å². The maximum absolute atomic E-state index is 8.77. The molecule has 0 bridgehead atoms. The summed E-state index contributed by atoms with van der Waals surface area (Å²) >= 11 is 0. The van der Waals surface area contributed by atoms with Gasteiger partial charge in [0.2, 0.25) is 0 Å². The maximum atomic E-state index is 8.77. The first kappa shape index (κ1) is 9.92. The van der Waals surface area contributed by atoms with Gasteiger partial charge >= 0.3 is 0 Å². The molecule has 0 aliphatic carbocycles. The Labute approximate surface area is 87.7 Å². The Hall–Kier alpha value is -1.62. The van der Waals surface area contributed by atoms with E-state index in [4.69, 9.17) is 5.11 Å². The monoisotopic (exact) mass is 206 g/mol. The summed E-state index contributed by atoms with van der Waals surface area (Å²) in [6.45, 7) is 2.57. The lowest BCUT2D eigenvalue weighted by atomic mass is 10.3. The summed E-state index contributed by atoms with van der Waals surface area (Å²) in [5, 5.41) is 16.2. The van der Waals surface area contributed by atoms with Gasteiger partial charge in [-0.25, -0.2) is 4.98 Å². The predicted molar refractivity (Wildman–Crippen MR) is 58.8 cm³/mol. The first-order valence-corrected chi connectivity index (χ1v) is 4.86. The van der Waals surface area contributed by atoms with Crippen molar-refractivity contribution in [3.8, 4) is 0 Å². The van der Waals surface area contributed by atoms with Crippen LogP contribution in [0.1, 0.15) is 5.69 Å². The fourth-order valence-corrected chi connectivity index (χ4v) is 1.57. The molecule has 0 unspecified atom stereocenters. The van der Waals surface area contributed by atoms with Crippen molar-refractivity contribution < 1.29 is 5.11 Å². The normalized spacial score (nSPS) is 10.9. The molecule has 80 valence electrons. The second-order valence-electron chi connectivity index (χ2n) is 3.50. The molecule has 5 nitrogen and oxygen atoms in total. The van der Waals surface area contributed by atoms with Gasteiger partial charge in [0.15, 0.2) is 0 Å². The topological polar surface area (TPSA) is 63.0 Å². The number of fused-ring (bicyclic) bond motifs is 1. The van der Waals surface area contributed by atoms with Crippen LogP contribution < -0.4 is 5.32 Å². The van der Waals surface area contributed by atoms with E-state index < -0.39 is 0 Å². The lowest BCUT2D eigenvalue weighted by molar-refractivity contribution is 0.311. The average Bonchev–Trinajstić information content (AvgIpc) is 2.54. The largest absolute Gasteiger partial charge is 0.395 e. The van der Waals surface area contributed by atoms with Crippen molar-refractivity contribution in [2.24, 2.45) is 7.05 Å². The van der Waals surface area contributed by atoms with E-state index in [1.165, 1.54) is 0 Å². The predicted octanol–water partition coefficient (Wildman–Crippen LogP) is 0.681. The number of rotatable bonds is 3. The van der Waals surface area contributed by atoms with Gasteiger partial charge in [0.25, 0.3) is 0 Å². The fraction of sp³-hybridized carbons (Fsp3) is 0.400. The van der Waals surface area contributed by atoms with Gasteiger partial charge in [-0.1, -0.05) is 0 Å². The molecule has 0 aliphatic heterocycles. The van der Waals surface area contributed by atoms with Gasteiger partial charge in [-0.3, -0.25) is 4.68 Å². The molecule has 15 heavy (non-hydrogen) atoms. The number of aryl methyl sites for hydroxylation is 2. The molecule has 0 radical (unpaired) electrons. The quantitative estimate of drug-likeness (QED) is 0.775. The molecule has 0 saturated carbocycles. The van der Waals surface area contributed by atoms with Gasteiger partial charge < -0.3 is 10.4 Å². The molecule has 2 aromatic rings. The number of nitrogens with zero attached hydrogens (tertiary/aromatic N) is 3. The number of nitrogens with one attached hydrogen (secondary N) is 1. The number of anilines is 1. The van der Waals surface area contributed by atoms with Crippen molar-refractivity contribution in [3.63, 3.8) is 0 Å². The first-order chi connectivity index (χ1) is 7.20. The molecule has 0 saturated heterocycles. The van der Waals surface area contributed by atoms with E-state index in [1.54, 1.807) is 4.68 Å². The third-order valence-corrected chi connectivity index (χ3v) is 2.14. The zero-order valence-corrected chi connectivity index (χ0v) is 8.86. The van der Waals surface area contributed by atoms with E-state index in [0.717, 1.165) is 22.4 Å². The van der Waals surface area contributed by atoms with Crippen molar-refractivity contribution in [1.29, 1.82) is 0 Å². The number of hydrogen-bond acceptors (Lipinski definition) is 4. The molecule has 2 aromatic heterocycles. The molecule has 0 atom stereocenters. The van der Waals surface area contributed by atoms with E-state index in [0.29, 0.717) is 6.54 Å². The smallest absolute Gasteiger partial charge is 0.134 e. The summed E-state index contributed by atoms with van der Waals surface area (Å²) < 4.78 is 1.74. The van der Waals surface area contributed by atoms with E-state index in [-0.39, 0.29) is 6.61 Å². The Morgan fingerprint density at radius 1 is 1.53 bits per heavy atom. The Balaban J connectivity index is 2.50. The summed E-state index contributed by atoms with van der Waals surface area (Å²) in [5.41, 5.74) is 3.58. The van der Waals surface area contributed by atoms with Crippen molar-refractivity contribution >= 4 is 16.7 Å². The van der Waals surface area contributed by atoms with Crippen molar-refractivity contribution in [2.45, 2.75) is 6.92 Å². The number of aliphatic hydroxyl groups is 1. The van der Waals surface area contributed by atoms with Crippen molar-refractivity contribution in [2.75, 3.05) is 18.5 Å². The van der Waals surface area contributed by atoms with Crippen LogP contribution >= 0.6 is 0 Å². The van der Waals surface area contributed by atoms with Gasteiger partial charge in [0, 0.05) is 19.3 Å². The summed E-state index contributed by atoms with van der Waals surface area (Å²) in [7, 11) is 1.87. The highest BCUT2D eigenvalue weighted by Crippen LogP contribution is 2.20. The minimum atomic E-state index is 0.107. The molecule has 5 heteroatoms. The van der Waals surface area contributed by atoms with Gasteiger partial charge in [-0.15, -0.1) is 0 Å². The Bertz CT molecular complexity index is 477. The van der Waals surface area contributed by atoms with Crippen LogP contribution in [0.4, 0.5) is 5.69 Å². The summed E-state index contributed by atoms with van der Waals surface area (Å²) in [6, 6.07) is 1.94. The zero-order chi connectivity index (χ0) is 10.8. The number of pyridine rings is 1. The third-order valence-electron chi connectivity index (χ3n) is 2.14. The van der Waals surface area contributed by atoms with Crippen molar-refractivity contribution in [1.82, 2.24) is 14.8 Å².